The number of ether oxygens (including phenoxy) is 1. The molecule has 1 aliphatic heterocycles. The lowest BCUT2D eigenvalue weighted by Crippen LogP contribution is -2.35. The quantitative estimate of drug-likeness (QED) is 0.587. The van der Waals surface area contributed by atoms with Gasteiger partial charge in [0.05, 0.1) is 23.0 Å². The molecule has 2 aromatic carbocycles. The Kier molecular flexibility index (Phi) is 5.73. The molecule has 0 spiro atoms. The van der Waals surface area contributed by atoms with E-state index in [0.29, 0.717) is 29.7 Å². The second-order valence-electron chi connectivity index (χ2n) is 5.50. The summed E-state index contributed by atoms with van der Waals surface area (Å²) >= 11 is 7.25. The van der Waals surface area contributed by atoms with Gasteiger partial charge >= 0.3 is 0 Å². The van der Waals surface area contributed by atoms with Crippen molar-refractivity contribution in [2.24, 2.45) is 0 Å². The van der Waals surface area contributed by atoms with E-state index in [0.717, 1.165) is 23.5 Å². The van der Waals surface area contributed by atoms with Crippen LogP contribution in [0.1, 0.15) is 5.56 Å². The molecule has 0 unspecified atom stereocenters. The molecule has 2 aromatic rings. The number of halogens is 1. The van der Waals surface area contributed by atoms with E-state index in [1.165, 1.54) is 11.8 Å². The van der Waals surface area contributed by atoms with E-state index >= 15 is 0 Å². The Morgan fingerprint density at radius 2 is 1.88 bits per heavy atom. The van der Waals surface area contributed by atoms with Gasteiger partial charge in [0.15, 0.2) is 0 Å². The molecule has 126 valence electrons. The van der Waals surface area contributed by atoms with Crippen molar-refractivity contribution in [3.8, 4) is 0 Å². The number of nitro benzene ring substituents is 1. The molecule has 0 aromatic heterocycles. The molecule has 3 rings (SSSR count). The van der Waals surface area contributed by atoms with Gasteiger partial charge in [0, 0.05) is 35.6 Å². The third-order valence-corrected chi connectivity index (χ3v) is 5.10. The van der Waals surface area contributed by atoms with Crippen LogP contribution in [0, 0.1) is 10.1 Å². The first-order valence-corrected chi connectivity index (χ1v) is 8.82. The molecule has 7 heteroatoms. The Morgan fingerprint density at radius 3 is 2.54 bits per heavy atom. The van der Waals surface area contributed by atoms with Crippen molar-refractivity contribution in [2.45, 2.75) is 16.3 Å². The number of hydrogen-bond acceptors (Lipinski definition) is 5. The van der Waals surface area contributed by atoms with E-state index < -0.39 is 0 Å². The van der Waals surface area contributed by atoms with Gasteiger partial charge in [0.1, 0.15) is 0 Å². The van der Waals surface area contributed by atoms with Crippen LogP contribution < -0.4 is 0 Å². The molecular weight excluding hydrogens is 348 g/mol. The van der Waals surface area contributed by atoms with Gasteiger partial charge < -0.3 is 4.74 Å². The van der Waals surface area contributed by atoms with Crippen molar-refractivity contribution in [2.75, 3.05) is 26.3 Å². The van der Waals surface area contributed by atoms with Gasteiger partial charge in [-0.3, -0.25) is 15.0 Å². The van der Waals surface area contributed by atoms with Crippen molar-refractivity contribution in [3.63, 3.8) is 0 Å². The van der Waals surface area contributed by atoms with Crippen molar-refractivity contribution in [3.05, 3.63) is 63.2 Å². The molecule has 0 radical (unpaired) electrons. The molecule has 0 atom stereocenters. The molecule has 0 amide bonds. The van der Waals surface area contributed by atoms with Gasteiger partial charge in [-0.1, -0.05) is 29.4 Å². The Labute approximate surface area is 149 Å². The molecule has 1 heterocycles. The molecule has 0 saturated carbocycles. The minimum Gasteiger partial charge on any atom is -0.379 e. The smallest absolute Gasteiger partial charge is 0.283 e. The molecule has 1 fully saturated rings. The fourth-order valence-electron chi connectivity index (χ4n) is 2.54. The highest BCUT2D eigenvalue weighted by molar-refractivity contribution is 7.99. The van der Waals surface area contributed by atoms with E-state index in [2.05, 4.69) is 4.90 Å². The minimum atomic E-state index is -0.318. The lowest BCUT2D eigenvalue weighted by atomic mass is 10.2. The predicted octanol–water partition coefficient (Wildman–Crippen LogP) is 4.23. The summed E-state index contributed by atoms with van der Waals surface area (Å²) in [6.07, 6.45) is 0. The van der Waals surface area contributed by atoms with Gasteiger partial charge in [-0.2, -0.15) is 0 Å². The van der Waals surface area contributed by atoms with E-state index in [1.807, 2.05) is 24.3 Å². The first-order valence-electron chi connectivity index (χ1n) is 7.62. The average Bonchev–Trinajstić information content (AvgIpc) is 2.59. The lowest BCUT2D eigenvalue weighted by Gasteiger charge is -2.26. The first-order chi connectivity index (χ1) is 11.6. The van der Waals surface area contributed by atoms with Crippen LogP contribution >= 0.6 is 23.4 Å². The highest BCUT2D eigenvalue weighted by Crippen LogP contribution is 2.36. The third-order valence-electron chi connectivity index (χ3n) is 3.77. The van der Waals surface area contributed by atoms with Crippen LogP contribution in [0.5, 0.6) is 0 Å². The zero-order chi connectivity index (χ0) is 16.9. The highest BCUT2D eigenvalue weighted by Gasteiger charge is 2.18. The van der Waals surface area contributed by atoms with Gasteiger partial charge in [0.25, 0.3) is 5.69 Å². The maximum absolute atomic E-state index is 11.4. The van der Waals surface area contributed by atoms with E-state index in [9.17, 15) is 10.1 Å². The van der Waals surface area contributed by atoms with Crippen LogP contribution in [-0.4, -0.2) is 36.1 Å². The second-order valence-corrected chi connectivity index (χ2v) is 7.06. The largest absolute Gasteiger partial charge is 0.379 e. The number of hydrogen-bond donors (Lipinski definition) is 0. The van der Waals surface area contributed by atoms with Crippen LogP contribution in [0.2, 0.25) is 5.02 Å². The summed E-state index contributed by atoms with van der Waals surface area (Å²) in [6, 6.07) is 12.7. The summed E-state index contributed by atoms with van der Waals surface area (Å²) in [5, 5.41) is 12.1. The lowest BCUT2D eigenvalue weighted by molar-refractivity contribution is -0.387. The van der Waals surface area contributed by atoms with Crippen LogP contribution in [0.25, 0.3) is 0 Å². The van der Waals surface area contributed by atoms with Crippen molar-refractivity contribution < 1.29 is 9.66 Å². The summed E-state index contributed by atoms with van der Waals surface area (Å²) in [4.78, 5) is 14.9. The van der Waals surface area contributed by atoms with Gasteiger partial charge in [0.2, 0.25) is 0 Å². The van der Waals surface area contributed by atoms with Crippen LogP contribution in [-0.2, 0) is 11.3 Å². The normalized spacial score (nSPS) is 15.4. The van der Waals surface area contributed by atoms with Crippen molar-refractivity contribution >= 4 is 29.1 Å². The molecule has 0 N–H and O–H groups in total. The first kappa shape index (κ1) is 17.2. The fourth-order valence-corrected chi connectivity index (χ4v) is 3.56. The summed E-state index contributed by atoms with van der Waals surface area (Å²) in [7, 11) is 0. The topological polar surface area (TPSA) is 55.6 Å². The minimum absolute atomic E-state index is 0.140. The highest BCUT2D eigenvalue weighted by atomic mass is 35.5. The zero-order valence-electron chi connectivity index (χ0n) is 13.0. The maximum Gasteiger partial charge on any atom is 0.283 e. The Bertz CT molecular complexity index is 718. The number of nitro groups is 1. The monoisotopic (exact) mass is 364 g/mol. The Balaban J connectivity index is 1.79. The van der Waals surface area contributed by atoms with Crippen LogP contribution in [0.3, 0.4) is 0 Å². The van der Waals surface area contributed by atoms with Crippen molar-refractivity contribution in [1.82, 2.24) is 4.90 Å². The third kappa shape index (κ3) is 4.48. The average molecular weight is 365 g/mol. The molecule has 0 bridgehead atoms. The van der Waals surface area contributed by atoms with E-state index in [4.69, 9.17) is 16.3 Å². The van der Waals surface area contributed by atoms with Crippen LogP contribution in [0.4, 0.5) is 5.69 Å². The van der Waals surface area contributed by atoms with Gasteiger partial charge in [-0.05, 0) is 35.9 Å². The van der Waals surface area contributed by atoms with Crippen molar-refractivity contribution in [1.29, 1.82) is 0 Å². The predicted molar refractivity (Wildman–Crippen MR) is 94.8 cm³/mol. The SMILES string of the molecule is O=[N+]([O-])c1cc(CN2CCOCC2)ccc1Sc1ccc(Cl)cc1. The molecule has 5 nitrogen and oxygen atoms in total. The molecular formula is C17H17ClN2O3S. The number of morpholine rings is 1. The molecule has 1 saturated heterocycles. The van der Waals surface area contributed by atoms with E-state index in [1.54, 1.807) is 18.2 Å². The Hall–Kier alpha value is -1.60. The Morgan fingerprint density at radius 1 is 1.17 bits per heavy atom. The summed E-state index contributed by atoms with van der Waals surface area (Å²) in [6.45, 7) is 3.85. The molecule has 1 aliphatic rings. The second kappa shape index (κ2) is 7.98. The number of benzene rings is 2. The summed E-state index contributed by atoms with van der Waals surface area (Å²) in [5.74, 6) is 0. The van der Waals surface area contributed by atoms with E-state index in [-0.39, 0.29) is 10.6 Å². The van der Waals surface area contributed by atoms with Gasteiger partial charge in [-0.25, -0.2) is 0 Å². The zero-order valence-corrected chi connectivity index (χ0v) is 14.6. The molecule has 0 aliphatic carbocycles. The molecule has 24 heavy (non-hydrogen) atoms. The number of nitrogens with zero attached hydrogens (tertiary/aromatic N) is 2. The number of rotatable bonds is 5. The van der Waals surface area contributed by atoms with Gasteiger partial charge in [-0.15, -0.1) is 0 Å². The standard InChI is InChI=1S/C17H17ClN2O3S/c18-14-2-4-15(5-3-14)24-17-6-1-13(11-16(17)20(21)22)12-19-7-9-23-10-8-19/h1-6,11H,7-10,12H2. The summed E-state index contributed by atoms with van der Waals surface area (Å²) in [5.41, 5.74) is 1.09. The fraction of sp³-hybridized carbons (Fsp3) is 0.294. The maximum atomic E-state index is 11.4. The summed E-state index contributed by atoms with van der Waals surface area (Å²) < 4.78 is 5.33. The van der Waals surface area contributed by atoms with Crippen LogP contribution in [0.15, 0.2) is 52.3 Å².